The Morgan fingerprint density at radius 3 is 2.67 bits per heavy atom. The number of benzene rings is 1. The van der Waals surface area contributed by atoms with Crippen LogP contribution in [-0.2, 0) is 4.74 Å². The standard InChI is InChI=1S/C12H18O3/c1-9-4-5-12(10(2)6-9)14-7-11(3)15-8-13/h4-6,11,13H,7-8H2,1-3H3. The van der Waals surface area contributed by atoms with Crippen LogP contribution in [0.5, 0.6) is 5.75 Å². The molecule has 0 aliphatic heterocycles. The van der Waals surface area contributed by atoms with Crippen LogP contribution in [0, 0.1) is 13.8 Å². The molecule has 3 heteroatoms. The zero-order valence-electron chi connectivity index (χ0n) is 9.49. The van der Waals surface area contributed by atoms with Crippen molar-refractivity contribution in [1.82, 2.24) is 0 Å². The van der Waals surface area contributed by atoms with Crippen LogP contribution in [0.4, 0.5) is 0 Å². The molecule has 84 valence electrons. The van der Waals surface area contributed by atoms with E-state index in [2.05, 4.69) is 6.07 Å². The summed E-state index contributed by atoms with van der Waals surface area (Å²) in [6.45, 7) is 6.11. The molecule has 3 nitrogen and oxygen atoms in total. The molecule has 0 aliphatic rings. The third kappa shape index (κ3) is 3.90. The number of aliphatic hydroxyl groups excluding tert-OH is 1. The van der Waals surface area contributed by atoms with E-state index in [1.165, 1.54) is 5.56 Å². The maximum Gasteiger partial charge on any atom is 0.144 e. The van der Waals surface area contributed by atoms with Gasteiger partial charge in [-0.25, -0.2) is 0 Å². The predicted octanol–water partition coefficient (Wildman–Crippen LogP) is 2.04. The molecule has 1 unspecified atom stereocenters. The first-order valence-corrected chi connectivity index (χ1v) is 5.06. The van der Waals surface area contributed by atoms with E-state index >= 15 is 0 Å². The minimum atomic E-state index is -0.266. The van der Waals surface area contributed by atoms with Gasteiger partial charge in [-0.3, -0.25) is 0 Å². The lowest BCUT2D eigenvalue weighted by atomic mass is 10.1. The average molecular weight is 210 g/mol. The lowest BCUT2D eigenvalue weighted by Crippen LogP contribution is -2.18. The van der Waals surface area contributed by atoms with Crippen molar-refractivity contribution in [2.75, 3.05) is 13.4 Å². The van der Waals surface area contributed by atoms with Gasteiger partial charge in [0.15, 0.2) is 0 Å². The lowest BCUT2D eigenvalue weighted by Gasteiger charge is -2.14. The van der Waals surface area contributed by atoms with Crippen molar-refractivity contribution in [2.24, 2.45) is 0 Å². The van der Waals surface area contributed by atoms with E-state index in [9.17, 15) is 0 Å². The first-order valence-electron chi connectivity index (χ1n) is 5.06. The van der Waals surface area contributed by atoms with Gasteiger partial charge in [0.1, 0.15) is 19.1 Å². The lowest BCUT2D eigenvalue weighted by molar-refractivity contribution is -0.0569. The number of hydrogen-bond acceptors (Lipinski definition) is 3. The highest BCUT2D eigenvalue weighted by Crippen LogP contribution is 2.18. The first-order chi connectivity index (χ1) is 7.13. The minimum absolute atomic E-state index is 0.101. The largest absolute Gasteiger partial charge is 0.491 e. The van der Waals surface area contributed by atoms with Gasteiger partial charge in [0.2, 0.25) is 0 Å². The van der Waals surface area contributed by atoms with Gasteiger partial charge in [-0.05, 0) is 32.4 Å². The Kier molecular flexibility index (Phi) is 4.59. The summed E-state index contributed by atoms with van der Waals surface area (Å²) in [4.78, 5) is 0. The Hall–Kier alpha value is -1.06. The Balaban J connectivity index is 2.50. The maximum atomic E-state index is 8.55. The summed E-state index contributed by atoms with van der Waals surface area (Å²) in [5.74, 6) is 0.869. The van der Waals surface area contributed by atoms with Crippen LogP contribution in [0.2, 0.25) is 0 Å². The number of ether oxygens (including phenoxy) is 2. The summed E-state index contributed by atoms with van der Waals surface area (Å²) < 4.78 is 10.5. The van der Waals surface area contributed by atoms with Crippen LogP contribution in [0.3, 0.4) is 0 Å². The zero-order chi connectivity index (χ0) is 11.3. The second-order valence-corrected chi connectivity index (χ2v) is 3.69. The third-order valence-corrected chi connectivity index (χ3v) is 2.16. The van der Waals surface area contributed by atoms with Gasteiger partial charge in [-0.2, -0.15) is 0 Å². The zero-order valence-corrected chi connectivity index (χ0v) is 9.49. The quantitative estimate of drug-likeness (QED) is 0.756. The van der Waals surface area contributed by atoms with Gasteiger partial charge in [0.25, 0.3) is 0 Å². The summed E-state index contributed by atoms with van der Waals surface area (Å²) >= 11 is 0. The van der Waals surface area contributed by atoms with Gasteiger partial charge in [0.05, 0.1) is 6.10 Å². The molecule has 1 N–H and O–H groups in total. The molecule has 1 aromatic carbocycles. The van der Waals surface area contributed by atoms with Crippen molar-refractivity contribution in [3.8, 4) is 5.75 Å². The van der Waals surface area contributed by atoms with Gasteiger partial charge in [-0.1, -0.05) is 17.7 Å². The summed E-state index contributed by atoms with van der Waals surface area (Å²) in [5, 5.41) is 8.55. The van der Waals surface area contributed by atoms with Crippen molar-refractivity contribution < 1.29 is 14.6 Å². The molecule has 0 radical (unpaired) electrons. The van der Waals surface area contributed by atoms with E-state index in [4.69, 9.17) is 14.6 Å². The SMILES string of the molecule is Cc1ccc(OCC(C)OCO)c(C)c1. The second-order valence-electron chi connectivity index (χ2n) is 3.69. The molecule has 1 aromatic rings. The highest BCUT2D eigenvalue weighted by Gasteiger charge is 2.04. The summed E-state index contributed by atoms with van der Waals surface area (Å²) in [7, 11) is 0. The summed E-state index contributed by atoms with van der Waals surface area (Å²) in [5.41, 5.74) is 2.34. The van der Waals surface area contributed by atoms with E-state index in [0.29, 0.717) is 6.61 Å². The second kappa shape index (κ2) is 5.73. The van der Waals surface area contributed by atoms with Crippen LogP contribution in [0.15, 0.2) is 18.2 Å². The van der Waals surface area contributed by atoms with Crippen molar-refractivity contribution in [3.63, 3.8) is 0 Å². The van der Waals surface area contributed by atoms with Crippen LogP contribution in [0.1, 0.15) is 18.1 Å². The van der Waals surface area contributed by atoms with Crippen molar-refractivity contribution in [1.29, 1.82) is 0 Å². The molecule has 0 saturated heterocycles. The molecule has 0 amide bonds. The molecule has 0 aliphatic carbocycles. The van der Waals surface area contributed by atoms with Crippen molar-refractivity contribution >= 4 is 0 Å². The number of aryl methyl sites for hydroxylation is 2. The van der Waals surface area contributed by atoms with Crippen LogP contribution < -0.4 is 4.74 Å². The van der Waals surface area contributed by atoms with Crippen LogP contribution in [0.25, 0.3) is 0 Å². The Bertz CT molecular complexity index is 310. The number of aliphatic hydroxyl groups is 1. The van der Waals surface area contributed by atoms with Crippen molar-refractivity contribution in [2.45, 2.75) is 26.9 Å². The Morgan fingerprint density at radius 2 is 2.07 bits per heavy atom. The smallest absolute Gasteiger partial charge is 0.144 e. The van der Waals surface area contributed by atoms with E-state index in [-0.39, 0.29) is 12.9 Å². The summed E-state index contributed by atoms with van der Waals surface area (Å²) in [6, 6.07) is 6.04. The molecular weight excluding hydrogens is 192 g/mol. The molecule has 1 rings (SSSR count). The van der Waals surface area contributed by atoms with E-state index in [0.717, 1.165) is 11.3 Å². The minimum Gasteiger partial charge on any atom is -0.491 e. The van der Waals surface area contributed by atoms with E-state index < -0.39 is 0 Å². The molecule has 0 bridgehead atoms. The molecule has 0 fully saturated rings. The van der Waals surface area contributed by atoms with Crippen LogP contribution >= 0.6 is 0 Å². The molecule has 15 heavy (non-hydrogen) atoms. The van der Waals surface area contributed by atoms with Crippen LogP contribution in [-0.4, -0.2) is 24.6 Å². The predicted molar refractivity (Wildman–Crippen MR) is 59.0 cm³/mol. The number of rotatable bonds is 5. The monoisotopic (exact) mass is 210 g/mol. The fourth-order valence-electron chi connectivity index (χ4n) is 1.34. The topological polar surface area (TPSA) is 38.7 Å². The third-order valence-electron chi connectivity index (χ3n) is 2.16. The Labute approximate surface area is 90.6 Å². The molecule has 0 spiro atoms. The van der Waals surface area contributed by atoms with E-state index in [1.807, 2.05) is 32.9 Å². The molecular formula is C12H18O3. The highest BCUT2D eigenvalue weighted by atomic mass is 16.6. The fraction of sp³-hybridized carbons (Fsp3) is 0.500. The van der Waals surface area contributed by atoms with Gasteiger partial charge in [-0.15, -0.1) is 0 Å². The maximum absolute atomic E-state index is 8.55. The average Bonchev–Trinajstić information content (AvgIpc) is 2.17. The fourth-order valence-corrected chi connectivity index (χ4v) is 1.34. The molecule has 1 atom stereocenters. The highest BCUT2D eigenvalue weighted by molar-refractivity contribution is 5.35. The summed E-state index contributed by atoms with van der Waals surface area (Å²) in [6.07, 6.45) is -0.101. The Morgan fingerprint density at radius 1 is 1.33 bits per heavy atom. The molecule has 0 aromatic heterocycles. The normalized spacial score (nSPS) is 12.5. The van der Waals surface area contributed by atoms with E-state index in [1.54, 1.807) is 0 Å². The van der Waals surface area contributed by atoms with Gasteiger partial charge in [0, 0.05) is 0 Å². The molecule has 0 saturated carbocycles. The first kappa shape index (κ1) is 12.0. The molecule has 0 heterocycles. The number of hydrogen-bond donors (Lipinski definition) is 1. The van der Waals surface area contributed by atoms with Gasteiger partial charge < -0.3 is 14.6 Å². The van der Waals surface area contributed by atoms with Crippen molar-refractivity contribution in [3.05, 3.63) is 29.3 Å². The van der Waals surface area contributed by atoms with Gasteiger partial charge >= 0.3 is 0 Å².